The second kappa shape index (κ2) is 7.06. The summed E-state index contributed by atoms with van der Waals surface area (Å²) in [5.74, 6) is 1.21. The number of amides is 1. The van der Waals surface area contributed by atoms with Gasteiger partial charge in [-0.15, -0.1) is 22.6 Å². The van der Waals surface area contributed by atoms with Gasteiger partial charge in [-0.25, -0.2) is 4.39 Å². The van der Waals surface area contributed by atoms with Crippen LogP contribution in [-0.4, -0.2) is 32.6 Å². The minimum Gasteiger partial charge on any atom is -0.329 e. The van der Waals surface area contributed by atoms with E-state index in [1.54, 1.807) is 11.0 Å². The number of halogens is 2. The van der Waals surface area contributed by atoms with Crippen LogP contribution in [0.3, 0.4) is 0 Å². The fraction of sp³-hybridized carbons (Fsp3) is 0.400. The van der Waals surface area contributed by atoms with Crippen LogP contribution in [-0.2, 0) is 24.4 Å². The second-order valence-corrected chi connectivity index (χ2v) is 5.43. The molecule has 1 aliphatic rings. The average Bonchev–Trinajstić information content (AvgIpc) is 2.88. The molecule has 0 spiro atoms. The van der Waals surface area contributed by atoms with Crippen molar-refractivity contribution in [3.63, 3.8) is 0 Å². The van der Waals surface area contributed by atoms with Gasteiger partial charge in [0.25, 0.3) is 0 Å². The smallest absolute Gasteiger partial charge is 0.246 e. The molecule has 0 fully saturated rings. The Labute approximate surface area is 140 Å². The van der Waals surface area contributed by atoms with E-state index in [2.05, 4.69) is 15.5 Å². The van der Waals surface area contributed by atoms with E-state index in [1.807, 2.05) is 24.6 Å². The highest BCUT2D eigenvalue weighted by Gasteiger charge is 2.32. The molecular weight excluding hydrogens is 321 g/mol. The summed E-state index contributed by atoms with van der Waals surface area (Å²) < 4.78 is 15.2. The van der Waals surface area contributed by atoms with E-state index in [1.165, 1.54) is 12.1 Å². The Morgan fingerprint density at radius 3 is 2.87 bits per heavy atom. The van der Waals surface area contributed by atoms with E-state index < -0.39 is 0 Å². The Balaban J connectivity index is 0.00000192. The first kappa shape index (κ1) is 17.4. The van der Waals surface area contributed by atoms with Gasteiger partial charge in [0, 0.05) is 6.54 Å². The van der Waals surface area contributed by atoms with Crippen molar-refractivity contribution < 1.29 is 9.18 Å². The summed E-state index contributed by atoms with van der Waals surface area (Å²) in [6.07, 6.45) is 0. The Kier molecular flexibility index (Phi) is 5.33. The minimum absolute atomic E-state index is 0. The molecule has 0 aliphatic carbocycles. The number of aromatic nitrogens is 3. The number of nitrogens with one attached hydrogen (secondary N) is 1. The highest BCUT2D eigenvalue weighted by Crippen LogP contribution is 2.24. The Hall–Kier alpha value is -1.99. The predicted octanol–water partition coefficient (Wildman–Crippen LogP) is 1.66. The third-order valence-electron chi connectivity index (χ3n) is 3.82. The van der Waals surface area contributed by atoms with Gasteiger partial charge in [0.2, 0.25) is 5.91 Å². The molecule has 8 heteroatoms. The molecule has 1 aliphatic heterocycles. The first-order valence-electron chi connectivity index (χ1n) is 7.20. The van der Waals surface area contributed by atoms with Gasteiger partial charge in [-0.1, -0.05) is 12.1 Å². The molecule has 0 bridgehead atoms. The van der Waals surface area contributed by atoms with Gasteiger partial charge >= 0.3 is 0 Å². The van der Waals surface area contributed by atoms with Crippen LogP contribution in [0.2, 0.25) is 0 Å². The summed E-state index contributed by atoms with van der Waals surface area (Å²) in [7, 11) is 1.83. The van der Waals surface area contributed by atoms with Crippen molar-refractivity contribution in [1.82, 2.24) is 25.0 Å². The molecule has 0 saturated carbocycles. The van der Waals surface area contributed by atoms with E-state index in [0.29, 0.717) is 19.6 Å². The third-order valence-corrected chi connectivity index (χ3v) is 3.82. The average molecular weight is 340 g/mol. The molecule has 1 aromatic heterocycles. The molecule has 0 radical (unpaired) electrons. The summed E-state index contributed by atoms with van der Waals surface area (Å²) in [6.45, 7) is 3.16. The van der Waals surface area contributed by atoms with E-state index >= 15 is 0 Å². The van der Waals surface area contributed by atoms with Crippen molar-refractivity contribution in [1.29, 1.82) is 0 Å². The molecule has 6 nitrogen and oxygen atoms in total. The monoisotopic (exact) mass is 339 g/mol. The van der Waals surface area contributed by atoms with Crippen molar-refractivity contribution in [2.45, 2.75) is 32.6 Å². The first-order chi connectivity index (χ1) is 10.6. The number of hydrogen-bond acceptors (Lipinski definition) is 4. The topological polar surface area (TPSA) is 63.1 Å². The number of nitrogens with zero attached hydrogens (tertiary/aromatic N) is 4. The van der Waals surface area contributed by atoms with Crippen LogP contribution in [0.5, 0.6) is 0 Å². The standard InChI is InChI=1S/C15H18FN5O.ClH/c1-10-15(22)20(8-11-4-3-5-12(16)6-11)9-14-19-18-13(7-17-2)21(10)14;/h3-6,10,17H,7-9H2,1-2H3;1H/t10-;/m0./s1. The molecule has 1 aromatic carbocycles. The molecular formula is C15H19ClFN5O. The normalized spacial score (nSPS) is 16.9. The van der Waals surface area contributed by atoms with Crippen molar-refractivity contribution in [2.75, 3.05) is 7.05 Å². The highest BCUT2D eigenvalue weighted by atomic mass is 35.5. The van der Waals surface area contributed by atoms with E-state index in [4.69, 9.17) is 0 Å². The zero-order valence-corrected chi connectivity index (χ0v) is 13.8. The lowest BCUT2D eigenvalue weighted by Gasteiger charge is -2.32. The molecule has 124 valence electrons. The van der Waals surface area contributed by atoms with Crippen LogP contribution in [0, 0.1) is 5.82 Å². The Bertz CT molecular complexity index is 705. The summed E-state index contributed by atoms with van der Waals surface area (Å²) in [6, 6.07) is 5.95. The summed E-state index contributed by atoms with van der Waals surface area (Å²) in [5, 5.41) is 11.3. The lowest BCUT2D eigenvalue weighted by Crippen LogP contribution is -2.42. The van der Waals surface area contributed by atoms with Crippen molar-refractivity contribution in [3.05, 3.63) is 47.3 Å². The van der Waals surface area contributed by atoms with Crippen LogP contribution in [0.25, 0.3) is 0 Å². The molecule has 0 saturated heterocycles. The van der Waals surface area contributed by atoms with Crippen molar-refractivity contribution in [2.24, 2.45) is 0 Å². The number of rotatable bonds is 4. The van der Waals surface area contributed by atoms with Crippen LogP contribution >= 0.6 is 12.4 Å². The quantitative estimate of drug-likeness (QED) is 0.920. The van der Waals surface area contributed by atoms with E-state index in [-0.39, 0.29) is 30.2 Å². The lowest BCUT2D eigenvalue weighted by atomic mass is 10.1. The largest absolute Gasteiger partial charge is 0.329 e. The second-order valence-electron chi connectivity index (χ2n) is 5.43. The van der Waals surface area contributed by atoms with E-state index in [9.17, 15) is 9.18 Å². The Morgan fingerprint density at radius 2 is 2.17 bits per heavy atom. The van der Waals surface area contributed by atoms with Gasteiger partial charge in [0.05, 0.1) is 13.1 Å². The number of carbonyl (C=O) groups is 1. The lowest BCUT2D eigenvalue weighted by molar-refractivity contribution is -0.137. The highest BCUT2D eigenvalue weighted by molar-refractivity contribution is 5.85. The summed E-state index contributed by atoms with van der Waals surface area (Å²) in [5.41, 5.74) is 0.768. The number of carbonyl (C=O) groups excluding carboxylic acids is 1. The van der Waals surface area contributed by atoms with Gasteiger partial charge in [-0.05, 0) is 31.7 Å². The molecule has 1 atom stereocenters. The SMILES string of the molecule is CNCc1nnc2n1[C@@H](C)C(=O)N(Cc1cccc(F)c1)C2.Cl. The maximum Gasteiger partial charge on any atom is 0.246 e. The Morgan fingerprint density at radius 1 is 1.39 bits per heavy atom. The van der Waals surface area contributed by atoms with Gasteiger partial charge in [0.15, 0.2) is 5.82 Å². The minimum atomic E-state index is -0.351. The zero-order valence-electron chi connectivity index (χ0n) is 13.0. The molecule has 0 unspecified atom stereocenters. The van der Waals surface area contributed by atoms with Gasteiger partial charge in [-0.2, -0.15) is 0 Å². The number of benzene rings is 1. The zero-order chi connectivity index (χ0) is 15.7. The van der Waals surface area contributed by atoms with Crippen LogP contribution < -0.4 is 5.32 Å². The van der Waals surface area contributed by atoms with E-state index in [0.717, 1.165) is 17.2 Å². The third kappa shape index (κ3) is 3.35. The number of hydrogen-bond donors (Lipinski definition) is 1. The number of fused-ring (bicyclic) bond motifs is 1. The molecule has 2 heterocycles. The van der Waals surface area contributed by atoms with Crippen LogP contribution in [0.15, 0.2) is 24.3 Å². The van der Waals surface area contributed by atoms with Crippen LogP contribution in [0.4, 0.5) is 4.39 Å². The molecule has 3 rings (SSSR count). The predicted molar refractivity (Wildman–Crippen MR) is 85.4 cm³/mol. The maximum atomic E-state index is 13.3. The molecule has 2 aromatic rings. The molecule has 1 amide bonds. The summed E-state index contributed by atoms with van der Waals surface area (Å²) >= 11 is 0. The molecule has 1 N–H and O–H groups in total. The maximum absolute atomic E-state index is 13.3. The van der Waals surface area contributed by atoms with Crippen molar-refractivity contribution >= 4 is 18.3 Å². The van der Waals surface area contributed by atoms with Gasteiger partial charge in [0.1, 0.15) is 17.7 Å². The molecule has 23 heavy (non-hydrogen) atoms. The fourth-order valence-corrected chi connectivity index (χ4v) is 2.81. The van der Waals surface area contributed by atoms with Crippen LogP contribution in [0.1, 0.15) is 30.2 Å². The summed E-state index contributed by atoms with van der Waals surface area (Å²) in [4.78, 5) is 14.3. The fourth-order valence-electron chi connectivity index (χ4n) is 2.81. The van der Waals surface area contributed by atoms with Gasteiger partial charge in [-0.3, -0.25) is 9.36 Å². The van der Waals surface area contributed by atoms with Crippen molar-refractivity contribution in [3.8, 4) is 0 Å². The van der Waals surface area contributed by atoms with Gasteiger partial charge < -0.3 is 10.2 Å². The first-order valence-corrected chi connectivity index (χ1v) is 7.20.